The molecule has 0 aliphatic rings. The number of allylic oxidation sites excluding steroid dienone is 5. The minimum absolute atomic E-state index is 0.248. The van der Waals surface area contributed by atoms with Crippen molar-refractivity contribution in [1.82, 2.24) is 9.80 Å². The minimum atomic E-state index is -0.248. The van der Waals surface area contributed by atoms with Crippen molar-refractivity contribution in [2.24, 2.45) is 0 Å². The average Bonchev–Trinajstić information content (AvgIpc) is 2.73. The van der Waals surface area contributed by atoms with Gasteiger partial charge in [0.25, 0.3) is 0 Å². The van der Waals surface area contributed by atoms with Gasteiger partial charge in [0.2, 0.25) is 0 Å². The fourth-order valence-electron chi connectivity index (χ4n) is 3.10. The summed E-state index contributed by atoms with van der Waals surface area (Å²) >= 11 is 6.15. The zero-order chi connectivity index (χ0) is 22.8. The third-order valence-corrected chi connectivity index (χ3v) is 5.02. The van der Waals surface area contributed by atoms with E-state index in [0.717, 1.165) is 34.4 Å². The quantitative estimate of drug-likeness (QED) is 0.306. The Kier molecular flexibility index (Phi) is 9.95. The molecule has 4 heteroatoms. The van der Waals surface area contributed by atoms with E-state index in [9.17, 15) is 5.26 Å². The van der Waals surface area contributed by atoms with E-state index in [4.69, 9.17) is 11.6 Å². The van der Waals surface area contributed by atoms with Crippen molar-refractivity contribution >= 4 is 11.6 Å². The predicted molar refractivity (Wildman–Crippen MR) is 130 cm³/mol. The molecular weight excluding hydrogens is 390 g/mol. The first kappa shape index (κ1) is 25.1. The van der Waals surface area contributed by atoms with Crippen LogP contribution in [0.1, 0.15) is 31.9 Å². The van der Waals surface area contributed by atoms with Crippen LogP contribution < -0.4 is 0 Å². The highest BCUT2D eigenvalue weighted by molar-refractivity contribution is 6.30. The van der Waals surface area contributed by atoms with Crippen molar-refractivity contribution < 1.29 is 0 Å². The SMILES string of the molecule is C=C/C(C)=C\C(=C/N(C)C)N(C)C(/C(C(=C)CC)=C(/C#N)C=C)c1ccc(Cl)cc1. The third kappa shape index (κ3) is 6.54. The molecule has 0 heterocycles. The Hall–Kier alpha value is -2.96. The summed E-state index contributed by atoms with van der Waals surface area (Å²) in [5.74, 6) is 0. The Morgan fingerprint density at radius 2 is 1.77 bits per heavy atom. The molecule has 0 N–H and O–H groups in total. The van der Waals surface area contributed by atoms with Crippen molar-refractivity contribution in [3.63, 3.8) is 0 Å². The number of likely N-dealkylation sites (N-methyl/N-ethyl adjacent to an activating group) is 1. The molecule has 1 unspecified atom stereocenters. The van der Waals surface area contributed by atoms with Gasteiger partial charge in [-0.15, -0.1) is 0 Å². The standard InChI is InChI=1S/C26H32ClN3/c1-9-19(4)16-24(18-29(6)7)30(8)26(22-12-14-23(27)15-13-22)25(20(5)10-2)21(11-3)17-28/h9,11-16,18,26H,1,3,5,10H2,2,4,6-8H3/b19-16-,24-18+,25-21+. The van der Waals surface area contributed by atoms with Crippen molar-refractivity contribution in [3.8, 4) is 6.07 Å². The Bertz CT molecular complexity index is 909. The zero-order valence-corrected chi connectivity index (χ0v) is 19.5. The number of nitriles is 1. The van der Waals surface area contributed by atoms with Crippen LogP contribution in [0.2, 0.25) is 5.02 Å². The summed E-state index contributed by atoms with van der Waals surface area (Å²) in [4.78, 5) is 4.14. The molecule has 1 aromatic rings. The van der Waals surface area contributed by atoms with E-state index >= 15 is 0 Å². The predicted octanol–water partition coefficient (Wildman–Crippen LogP) is 6.82. The number of benzene rings is 1. The molecule has 0 amide bonds. The van der Waals surface area contributed by atoms with Gasteiger partial charge in [-0.1, -0.05) is 62.5 Å². The Labute approximate surface area is 187 Å². The molecule has 0 aliphatic carbocycles. The molecule has 0 fully saturated rings. The van der Waals surface area contributed by atoms with Gasteiger partial charge in [0.1, 0.15) is 0 Å². The van der Waals surface area contributed by atoms with Gasteiger partial charge < -0.3 is 9.80 Å². The summed E-state index contributed by atoms with van der Waals surface area (Å²) in [7, 11) is 5.98. The van der Waals surface area contributed by atoms with E-state index in [1.807, 2.05) is 76.4 Å². The largest absolute Gasteiger partial charge is 0.382 e. The summed E-state index contributed by atoms with van der Waals surface area (Å²) in [5, 5.41) is 10.5. The molecule has 0 saturated carbocycles. The molecule has 1 atom stereocenters. The van der Waals surface area contributed by atoms with Crippen LogP contribution in [-0.2, 0) is 0 Å². The fourth-order valence-corrected chi connectivity index (χ4v) is 3.23. The molecule has 0 aromatic heterocycles. The number of rotatable bonds is 10. The van der Waals surface area contributed by atoms with Crippen molar-refractivity contribution in [2.75, 3.05) is 21.1 Å². The highest BCUT2D eigenvalue weighted by Crippen LogP contribution is 2.38. The molecule has 1 aromatic carbocycles. The molecular formula is C26H32ClN3. The van der Waals surface area contributed by atoms with Gasteiger partial charge >= 0.3 is 0 Å². The van der Waals surface area contributed by atoms with Gasteiger partial charge in [-0.05, 0) is 53.8 Å². The lowest BCUT2D eigenvalue weighted by atomic mass is 9.87. The van der Waals surface area contributed by atoms with Crippen molar-refractivity contribution in [1.29, 1.82) is 5.26 Å². The van der Waals surface area contributed by atoms with Crippen LogP contribution >= 0.6 is 11.6 Å². The minimum Gasteiger partial charge on any atom is -0.382 e. The molecule has 0 saturated heterocycles. The number of hydrogen-bond acceptors (Lipinski definition) is 3. The second kappa shape index (κ2) is 11.9. The van der Waals surface area contributed by atoms with Crippen LogP contribution in [-0.4, -0.2) is 30.9 Å². The third-order valence-electron chi connectivity index (χ3n) is 4.76. The number of hydrogen-bond donors (Lipinski definition) is 0. The number of halogens is 1. The fraction of sp³-hybridized carbons (Fsp3) is 0.269. The van der Waals surface area contributed by atoms with Gasteiger partial charge in [0.05, 0.1) is 23.4 Å². The summed E-state index contributed by atoms with van der Waals surface area (Å²) in [6.07, 6.45) is 8.26. The van der Waals surface area contributed by atoms with Crippen molar-refractivity contribution in [2.45, 2.75) is 26.3 Å². The van der Waals surface area contributed by atoms with E-state index in [-0.39, 0.29) is 6.04 Å². The van der Waals surface area contributed by atoms with E-state index in [0.29, 0.717) is 10.6 Å². The lowest BCUT2D eigenvalue weighted by molar-refractivity contribution is 0.348. The van der Waals surface area contributed by atoms with Crippen LogP contribution in [0.5, 0.6) is 0 Å². The zero-order valence-electron chi connectivity index (χ0n) is 18.7. The Morgan fingerprint density at radius 3 is 2.20 bits per heavy atom. The first-order valence-corrected chi connectivity index (χ1v) is 10.2. The molecule has 0 aliphatic heterocycles. The second-order valence-electron chi connectivity index (χ2n) is 7.28. The summed E-state index contributed by atoms with van der Waals surface area (Å²) < 4.78 is 0. The summed E-state index contributed by atoms with van der Waals surface area (Å²) in [5.41, 5.74) is 5.28. The molecule has 3 nitrogen and oxygen atoms in total. The number of nitrogens with zero attached hydrogens (tertiary/aromatic N) is 3. The van der Waals surface area contributed by atoms with Crippen LogP contribution in [0, 0.1) is 11.3 Å². The van der Waals surface area contributed by atoms with Crippen LogP contribution in [0.25, 0.3) is 0 Å². The van der Waals surface area contributed by atoms with Crippen LogP contribution in [0.4, 0.5) is 0 Å². The Balaban J connectivity index is 3.87. The lowest BCUT2D eigenvalue weighted by Gasteiger charge is -2.35. The van der Waals surface area contributed by atoms with Gasteiger partial charge in [-0.25, -0.2) is 0 Å². The van der Waals surface area contributed by atoms with E-state index in [1.165, 1.54) is 0 Å². The molecule has 0 spiro atoms. The maximum absolute atomic E-state index is 9.82. The second-order valence-corrected chi connectivity index (χ2v) is 7.71. The summed E-state index contributed by atoms with van der Waals surface area (Å²) in [6.45, 7) is 16.0. The molecule has 0 bridgehead atoms. The average molecular weight is 422 g/mol. The van der Waals surface area contributed by atoms with E-state index in [2.05, 4.69) is 36.8 Å². The topological polar surface area (TPSA) is 30.3 Å². The van der Waals surface area contributed by atoms with Gasteiger partial charge in [-0.2, -0.15) is 5.26 Å². The van der Waals surface area contributed by atoms with Gasteiger partial charge in [0, 0.05) is 32.4 Å². The van der Waals surface area contributed by atoms with Crippen LogP contribution in [0.3, 0.4) is 0 Å². The summed E-state index contributed by atoms with van der Waals surface area (Å²) in [6, 6.07) is 9.76. The maximum Gasteiger partial charge on any atom is 0.0995 e. The van der Waals surface area contributed by atoms with Gasteiger partial charge in [-0.3, -0.25) is 0 Å². The highest BCUT2D eigenvalue weighted by Gasteiger charge is 2.26. The van der Waals surface area contributed by atoms with Crippen LogP contribution in [0.15, 0.2) is 96.4 Å². The normalized spacial score (nSPS) is 13.6. The Morgan fingerprint density at radius 1 is 1.17 bits per heavy atom. The first-order chi connectivity index (χ1) is 14.2. The molecule has 158 valence electrons. The lowest BCUT2D eigenvalue weighted by Crippen LogP contribution is -2.27. The van der Waals surface area contributed by atoms with E-state index < -0.39 is 0 Å². The first-order valence-electron chi connectivity index (χ1n) is 9.82. The highest BCUT2D eigenvalue weighted by atomic mass is 35.5. The molecule has 0 radical (unpaired) electrons. The molecule has 1 rings (SSSR count). The van der Waals surface area contributed by atoms with Crippen molar-refractivity contribution in [3.05, 3.63) is 107 Å². The smallest absolute Gasteiger partial charge is 0.0995 e. The monoisotopic (exact) mass is 421 g/mol. The molecule has 30 heavy (non-hydrogen) atoms. The van der Waals surface area contributed by atoms with E-state index in [1.54, 1.807) is 6.08 Å². The maximum atomic E-state index is 9.82. The van der Waals surface area contributed by atoms with Gasteiger partial charge in [0.15, 0.2) is 0 Å².